The van der Waals surface area contributed by atoms with E-state index in [4.69, 9.17) is 0 Å². The van der Waals surface area contributed by atoms with Gasteiger partial charge in [0.15, 0.2) is 0 Å². The molecule has 8 rings (SSSR count). The quantitative estimate of drug-likeness (QED) is 0.0639. The molecule has 442 valence electrons. The van der Waals surface area contributed by atoms with E-state index in [-0.39, 0.29) is 0 Å². The van der Waals surface area contributed by atoms with Gasteiger partial charge in [0.1, 0.15) is 0 Å². The van der Waals surface area contributed by atoms with Gasteiger partial charge in [-0.25, -0.2) is 0 Å². The lowest BCUT2D eigenvalue weighted by Gasteiger charge is -2.50. The molecule has 0 N–H and O–H groups in total. The molecule has 0 aromatic heterocycles. The second-order valence-corrected chi connectivity index (χ2v) is 30.5. The van der Waals surface area contributed by atoms with Crippen molar-refractivity contribution in [3.8, 4) is 0 Å². The first-order chi connectivity index (χ1) is 37.4. The lowest BCUT2D eigenvalue weighted by Crippen LogP contribution is -2.53. The number of rotatable bonds is 31. The van der Waals surface area contributed by atoms with Crippen LogP contribution in [0.4, 0.5) is 0 Å². The number of hydrogen-bond donors (Lipinski definition) is 0. The summed E-state index contributed by atoms with van der Waals surface area (Å²) in [5.74, 6) is 10.4. The lowest BCUT2D eigenvalue weighted by molar-refractivity contribution is -0.00707. The summed E-state index contributed by atoms with van der Waals surface area (Å²) >= 11 is 0. The highest BCUT2D eigenvalue weighted by Gasteiger charge is 2.43. The summed E-state index contributed by atoms with van der Waals surface area (Å²) in [6.07, 6.45) is 82.1. The highest BCUT2D eigenvalue weighted by atomic mass is 15.2. The monoisotopic (exact) mass is 1050 g/mol. The number of unbranched alkanes of at least 4 members (excludes halogenated alkanes) is 18. The van der Waals surface area contributed by atoms with Crippen molar-refractivity contribution < 1.29 is 0 Å². The van der Waals surface area contributed by atoms with Crippen molar-refractivity contribution in [1.82, 2.24) is 9.80 Å². The summed E-state index contributed by atoms with van der Waals surface area (Å²) in [6.45, 7) is 9.86. The van der Waals surface area contributed by atoms with Gasteiger partial charge in [-0.1, -0.05) is 195 Å². The second kappa shape index (κ2) is 35.1. The van der Waals surface area contributed by atoms with Crippen LogP contribution < -0.4 is 0 Å². The molecule has 0 aliphatic heterocycles. The van der Waals surface area contributed by atoms with Crippen LogP contribution in [0.25, 0.3) is 0 Å². The molecule has 0 aromatic carbocycles. The molecule has 2 nitrogen and oxygen atoms in total. The Morgan fingerprint density at radius 1 is 0.237 bits per heavy atom. The topological polar surface area (TPSA) is 6.48 Å². The average Bonchev–Trinajstić information content (AvgIpc) is 3.46. The first-order valence-electron chi connectivity index (χ1n) is 37.0. The van der Waals surface area contributed by atoms with Gasteiger partial charge in [-0.2, -0.15) is 0 Å². The molecule has 4 unspecified atom stereocenters. The first-order valence-corrected chi connectivity index (χ1v) is 37.0. The van der Waals surface area contributed by atoms with E-state index in [1.807, 2.05) is 0 Å². The largest absolute Gasteiger partial charge is 0.294 e. The van der Waals surface area contributed by atoms with Crippen LogP contribution in [0.15, 0.2) is 0 Å². The Labute approximate surface area is 477 Å². The Bertz CT molecular complexity index is 1320. The zero-order valence-corrected chi connectivity index (χ0v) is 52.3. The van der Waals surface area contributed by atoms with Crippen LogP contribution in [0, 0.1) is 59.2 Å². The van der Waals surface area contributed by atoms with Crippen molar-refractivity contribution in [2.75, 3.05) is 0 Å². The highest BCUT2D eigenvalue weighted by molar-refractivity contribution is 4.97. The third-order valence-corrected chi connectivity index (χ3v) is 25.0. The fourth-order valence-electron chi connectivity index (χ4n) is 20.4. The molecule has 8 saturated carbocycles. The average molecular weight is 1050 g/mol. The standard InChI is InChI=1S/C74H136N2/c1-5-7-9-11-13-15-17-19-21-23-29-61-33-49-69(50-34-61)75(73-31-25-27-59(3)57-73)71-53-45-67(46-54-71)65-41-37-63(38-42-65)64-39-43-66(44-40-64)68-47-55-72(56-48-68)76(74-32-26-28-60(4)58-74)70-51-35-62(36-52-70)30-24-22-20-18-16-14-12-10-8-6-2/h59-74H,5-58H2,1-4H3. The van der Waals surface area contributed by atoms with E-state index in [0.29, 0.717) is 0 Å². The Morgan fingerprint density at radius 3 is 0.737 bits per heavy atom. The van der Waals surface area contributed by atoms with E-state index >= 15 is 0 Å². The lowest BCUT2D eigenvalue weighted by atomic mass is 9.63. The van der Waals surface area contributed by atoms with E-state index in [1.54, 1.807) is 103 Å². The van der Waals surface area contributed by atoms with Crippen molar-refractivity contribution in [3.05, 3.63) is 0 Å². The van der Waals surface area contributed by atoms with E-state index in [9.17, 15) is 0 Å². The fraction of sp³-hybridized carbons (Fsp3) is 1.00. The molecule has 0 heterocycles. The molecule has 4 atom stereocenters. The minimum absolute atomic E-state index is 0.901. The van der Waals surface area contributed by atoms with Crippen molar-refractivity contribution in [1.29, 1.82) is 0 Å². The molecule has 0 radical (unpaired) electrons. The zero-order chi connectivity index (χ0) is 52.6. The predicted octanol–water partition coefficient (Wildman–Crippen LogP) is 23.2. The van der Waals surface area contributed by atoms with Crippen LogP contribution in [0.1, 0.15) is 374 Å². The smallest absolute Gasteiger partial charge is 0.0104 e. The van der Waals surface area contributed by atoms with Crippen LogP contribution in [-0.4, -0.2) is 46.1 Å². The van der Waals surface area contributed by atoms with Crippen LogP contribution in [0.5, 0.6) is 0 Å². The second-order valence-electron chi connectivity index (χ2n) is 30.5. The maximum Gasteiger partial charge on any atom is 0.0104 e. The molecule has 2 heteroatoms. The summed E-state index contributed by atoms with van der Waals surface area (Å²) in [5, 5.41) is 0. The van der Waals surface area contributed by atoms with E-state index in [2.05, 4.69) is 37.5 Å². The third kappa shape index (κ3) is 20.1. The van der Waals surface area contributed by atoms with Crippen molar-refractivity contribution in [2.45, 2.75) is 411 Å². The van der Waals surface area contributed by atoms with Crippen LogP contribution >= 0.6 is 0 Å². The Kier molecular flexibility index (Phi) is 28.7. The Hall–Kier alpha value is -0.0800. The minimum atomic E-state index is 0.901. The maximum absolute atomic E-state index is 3.29. The molecule has 0 saturated heterocycles. The van der Waals surface area contributed by atoms with Crippen molar-refractivity contribution in [3.63, 3.8) is 0 Å². The highest BCUT2D eigenvalue weighted by Crippen LogP contribution is 2.50. The zero-order valence-electron chi connectivity index (χ0n) is 52.3. The molecule has 0 spiro atoms. The summed E-state index contributed by atoms with van der Waals surface area (Å²) in [4.78, 5) is 6.58. The van der Waals surface area contributed by atoms with Gasteiger partial charge in [0.25, 0.3) is 0 Å². The molecular weight excluding hydrogens is 917 g/mol. The molecule has 0 bridgehead atoms. The number of nitrogens with zero attached hydrogens (tertiary/aromatic N) is 2. The van der Waals surface area contributed by atoms with Crippen molar-refractivity contribution >= 4 is 0 Å². The molecule has 76 heavy (non-hydrogen) atoms. The Balaban J connectivity index is 0.704. The fourth-order valence-corrected chi connectivity index (χ4v) is 20.4. The van der Waals surface area contributed by atoms with E-state index in [0.717, 1.165) is 95.4 Å². The van der Waals surface area contributed by atoms with Gasteiger partial charge in [-0.15, -0.1) is 0 Å². The normalized spacial score (nSPS) is 37.2. The summed E-state index contributed by atoms with van der Waals surface area (Å²) in [6, 6.07) is 5.43. The van der Waals surface area contributed by atoms with Gasteiger partial charge >= 0.3 is 0 Å². The number of hydrogen-bond acceptors (Lipinski definition) is 2. The first kappa shape index (κ1) is 62.0. The summed E-state index contributed by atoms with van der Waals surface area (Å²) in [7, 11) is 0. The summed E-state index contributed by atoms with van der Waals surface area (Å²) < 4.78 is 0. The Morgan fingerprint density at radius 2 is 0.474 bits per heavy atom. The van der Waals surface area contributed by atoms with Gasteiger partial charge in [0, 0.05) is 36.3 Å². The molecule has 8 fully saturated rings. The molecule has 0 aromatic rings. The SMILES string of the molecule is CCCCCCCCCCCCC1CCC(N(C2CCC(C3CCC(C4CCC(C5CCC(N(C6CCC(CCCCCCCCCCCC)CC6)C6CCCC(C)C6)CC5)CC4)CC3)CC2)C2CCCC(C)C2)CC1. The van der Waals surface area contributed by atoms with Gasteiger partial charge in [-0.05, 0) is 239 Å². The molecular formula is C74H136N2. The molecule has 8 aliphatic carbocycles. The minimum Gasteiger partial charge on any atom is -0.294 e. The molecule has 8 aliphatic rings. The van der Waals surface area contributed by atoms with Gasteiger partial charge in [0.05, 0.1) is 0 Å². The van der Waals surface area contributed by atoms with Gasteiger partial charge in [0.2, 0.25) is 0 Å². The van der Waals surface area contributed by atoms with E-state index in [1.165, 1.54) is 244 Å². The van der Waals surface area contributed by atoms with E-state index < -0.39 is 0 Å². The molecule has 0 amide bonds. The van der Waals surface area contributed by atoms with Crippen molar-refractivity contribution in [2.24, 2.45) is 59.2 Å². The van der Waals surface area contributed by atoms with Gasteiger partial charge < -0.3 is 0 Å². The summed E-state index contributed by atoms with van der Waals surface area (Å²) in [5.41, 5.74) is 0. The predicted molar refractivity (Wildman–Crippen MR) is 333 cm³/mol. The van der Waals surface area contributed by atoms with Crippen LogP contribution in [0.2, 0.25) is 0 Å². The van der Waals surface area contributed by atoms with Crippen LogP contribution in [0.3, 0.4) is 0 Å². The van der Waals surface area contributed by atoms with Gasteiger partial charge in [-0.3, -0.25) is 9.80 Å². The van der Waals surface area contributed by atoms with Crippen LogP contribution in [-0.2, 0) is 0 Å². The maximum atomic E-state index is 3.29. The third-order valence-electron chi connectivity index (χ3n) is 25.0.